The molecule has 22 heavy (non-hydrogen) atoms. The summed E-state index contributed by atoms with van der Waals surface area (Å²) in [6, 6.07) is -1.03. The molecule has 128 valence electrons. The first-order valence-corrected chi connectivity index (χ1v) is 7.62. The van der Waals surface area contributed by atoms with Gasteiger partial charge in [0.05, 0.1) is 6.61 Å². The van der Waals surface area contributed by atoms with E-state index in [1.54, 1.807) is 6.92 Å². The van der Waals surface area contributed by atoms with Gasteiger partial charge in [-0.15, -0.1) is 0 Å². The van der Waals surface area contributed by atoms with E-state index in [1.165, 1.54) is 11.8 Å². The number of carbonyl (C=O) groups is 3. The summed E-state index contributed by atoms with van der Waals surface area (Å²) in [5, 5.41) is 8.64. The lowest BCUT2D eigenvalue weighted by Crippen LogP contribution is -2.38. The Morgan fingerprint density at radius 1 is 1.36 bits per heavy atom. The van der Waals surface area contributed by atoms with Gasteiger partial charge in [-0.25, -0.2) is 4.79 Å². The van der Waals surface area contributed by atoms with Crippen molar-refractivity contribution in [3.8, 4) is 0 Å². The van der Waals surface area contributed by atoms with E-state index in [-0.39, 0.29) is 11.9 Å². The highest BCUT2D eigenvalue weighted by molar-refractivity contribution is 5.82. The summed E-state index contributed by atoms with van der Waals surface area (Å²) in [7, 11) is 0. The fourth-order valence-electron chi connectivity index (χ4n) is 2.25. The first-order chi connectivity index (χ1) is 10.2. The number of carboxylic acid groups (broad SMARTS) is 1. The maximum absolute atomic E-state index is 10.9. The molecule has 1 rings (SSSR count). The highest BCUT2D eigenvalue weighted by Gasteiger charge is 2.31. The minimum Gasteiger partial charge on any atom is -0.480 e. The molecular weight excluding hydrogens is 288 g/mol. The molecule has 7 nitrogen and oxygen atoms in total. The third-order valence-corrected chi connectivity index (χ3v) is 3.26. The number of hydrogen-bond acceptors (Lipinski definition) is 5. The summed E-state index contributed by atoms with van der Waals surface area (Å²) in [6.07, 6.45) is 2.09. The molecular formula is C15H28N2O5. The highest BCUT2D eigenvalue weighted by atomic mass is 16.5. The molecule has 0 radical (unpaired) electrons. The number of carboxylic acids is 1. The van der Waals surface area contributed by atoms with Crippen LogP contribution in [0.25, 0.3) is 0 Å². The van der Waals surface area contributed by atoms with Gasteiger partial charge < -0.3 is 20.5 Å². The summed E-state index contributed by atoms with van der Waals surface area (Å²) in [5.74, 6) is -0.886. The van der Waals surface area contributed by atoms with Gasteiger partial charge in [0.1, 0.15) is 12.1 Å². The molecule has 1 heterocycles. The second kappa shape index (κ2) is 10.2. The van der Waals surface area contributed by atoms with E-state index in [1.807, 2.05) is 13.8 Å². The van der Waals surface area contributed by atoms with Crippen LogP contribution in [0.5, 0.6) is 0 Å². The standard InChI is InChI=1S/C8H17NO2.C7H11NO3/c1-4-11-8(10)7(9)5-6(2)3;1-5(9)8-4-2-3-6(8)7(10)11/h6-7H,4-5,9H2,1-3H3;6H,2-4H2,1H3,(H,10,11)/t7-;6-/m00/s1. The van der Waals surface area contributed by atoms with Crippen LogP contribution >= 0.6 is 0 Å². The zero-order chi connectivity index (χ0) is 17.3. The number of nitrogens with zero attached hydrogens (tertiary/aromatic N) is 1. The summed E-state index contributed by atoms with van der Waals surface area (Å²) in [4.78, 5) is 33.7. The number of esters is 1. The molecule has 0 aliphatic carbocycles. The SMILES string of the molecule is CC(=O)N1CCC[C@H]1C(=O)O.CCOC(=O)[C@@H](N)CC(C)C. The molecule has 1 aliphatic heterocycles. The molecule has 1 fully saturated rings. The summed E-state index contributed by atoms with van der Waals surface area (Å²) >= 11 is 0. The van der Waals surface area contributed by atoms with E-state index in [2.05, 4.69) is 0 Å². The molecule has 7 heteroatoms. The van der Waals surface area contributed by atoms with Crippen molar-refractivity contribution in [2.75, 3.05) is 13.2 Å². The lowest BCUT2D eigenvalue weighted by atomic mass is 10.1. The Bertz CT molecular complexity index is 364. The van der Waals surface area contributed by atoms with Crippen molar-refractivity contribution in [2.45, 2.75) is 59.0 Å². The van der Waals surface area contributed by atoms with Gasteiger partial charge in [-0.2, -0.15) is 0 Å². The Kier molecular flexibility index (Phi) is 9.40. The maximum atomic E-state index is 10.9. The predicted molar refractivity (Wildman–Crippen MR) is 82.1 cm³/mol. The van der Waals surface area contributed by atoms with E-state index < -0.39 is 18.1 Å². The second-order valence-corrected chi connectivity index (χ2v) is 5.70. The van der Waals surface area contributed by atoms with Crippen LogP contribution in [0, 0.1) is 5.92 Å². The average Bonchev–Trinajstić information content (AvgIpc) is 2.88. The summed E-state index contributed by atoms with van der Waals surface area (Å²) in [5.41, 5.74) is 5.53. The second-order valence-electron chi connectivity index (χ2n) is 5.70. The highest BCUT2D eigenvalue weighted by Crippen LogP contribution is 2.16. The molecule has 0 unspecified atom stereocenters. The van der Waals surface area contributed by atoms with Crippen molar-refractivity contribution in [3.05, 3.63) is 0 Å². The van der Waals surface area contributed by atoms with Gasteiger partial charge in [0.2, 0.25) is 5.91 Å². The zero-order valence-electron chi connectivity index (χ0n) is 13.9. The molecule has 0 spiro atoms. The normalized spacial score (nSPS) is 18.5. The lowest BCUT2D eigenvalue weighted by molar-refractivity contribution is -0.147. The largest absolute Gasteiger partial charge is 0.480 e. The third kappa shape index (κ3) is 7.40. The van der Waals surface area contributed by atoms with Crippen molar-refractivity contribution in [3.63, 3.8) is 0 Å². The van der Waals surface area contributed by atoms with Crippen molar-refractivity contribution in [1.82, 2.24) is 4.90 Å². The number of amides is 1. The van der Waals surface area contributed by atoms with Crippen LogP contribution in [-0.2, 0) is 19.1 Å². The minimum atomic E-state index is -0.891. The number of carbonyl (C=O) groups excluding carboxylic acids is 2. The van der Waals surface area contributed by atoms with Gasteiger partial charge in [0.25, 0.3) is 0 Å². The molecule has 1 aliphatic rings. The first kappa shape index (κ1) is 20.4. The topological polar surface area (TPSA) is 110 Å². The summed E-state index contributed by atoms with van der Waals surface area (Å²) in [6.45, 7) is 8.23. The first-order valence-electron chi connectivity index (χ1n) is 7.62. The van der Waals surface area contributed by atoms with Crippen molar-refractivity contribution >= 4 is 17.8 Å². The number of rotatable bonds is 5. The van der Waals surface area contributed by atoms with E-state index in [0.29, 0.717) is 31.9 Å². The van der Waals surface area contributed by atoms with Gasteiger partial charge in [-0.1, -0.05) is 13.8 Å². The number of aliphatic carboxylic acids is 1. The van der Waals surface area contributed by atoms with Crippen LogP contribution in [0.15, 0.2) is 0 Å². The fraction of sp³-hybridized carbons (Fsp3) is 0.800. The fourth-order valence-corrected chi connectivity index (χ4v) is 2.25. The molecule has 0 saturated carbocycles. The number of ether oxygens (including phenoxy) is 1. The average molecular weight is 316 g/mol. The van der Waals surface area contributed by atoms with Gasteiger partial charge in [-0.05, 0) is 32.1 Å². The zero-order valence-corrected chi connectivity index (χ0v) is 13.9. The molecule has 1 amide bonds. The maximum Gasteiger partial charge on any atom is 0.326 e. The number of nitrogens with two attached hydrogens (primary N) is 1. The monoisotopic (exact) mass is 316 g/mol. The van der Waals surface area contributed by atoms with E-state index in [0.717, 1.165) is 6.42 Å². The van der Waals surface area contributed by atoms with E-state index in [4.69, 9.17) is 15.6 Å². The van der Waals surface area contributed by atoms with Crippen molar-refractivity contribution < 1.29 is 24.2 Å². The van der Waals surface area contributed by atoms with Gasteiger partial charge >= 0.3 is 11.9 Å². The van der Waals surface area contributed by atoms with Crippen LogP contribution in [0.4, 0.5) is 0 Å². The molecule has 3 N–H and O–H groups in total. The molecule has 0 aromatic heterocycles. The van der Waals surface area contributed by atoms with E-state index >= 15 is 0 Å². The van der Waals surface area contributed by atoms with Gasteiger partial charge in [-0.3, -0.25) is 9.59 Å². The predicted octanol–water partition coefficient (Wildman–Crippen LogP) is 1.00. The number of hydrogen-bond donors (Lipinski definition) is 2. The van der Waals surface area contributed by atoms with E-state index in [9.17, 15) is 14.4 Å². The van der Waals surface area contributed by atoms with Gasteiger partial charge in [0, 0.05) is 13.5 Å². The number of likely N-dealkylation sites (tertiary alicyclic amines) is 1. The van der Waals surface area contributed by atoms with Crippen LogP contribution in [0.1, 0.15) is 47.0 Å². The Balaban J connectivity index is 0.000000401. The molecule has 0 bridgehead atoms. The Hall–Kier alpha value is -1.63. The van der Waals surface area contributed by atoms with Gasteiger partial charge in [0.15, 0.2) is 0 Å². The Morgan fingerprint density at radius 3 is 2.32 bits per heavy atom. The van der Waals surface area contributed by atoms with Crippen LogP contribution in [0.3, 0.4) is 0 Å². The smallest absolute Gasteiger partial charge is 0.326 e. The Morgan fingerprint density at radius 2 is 1.95 bits per heavy atom. The molecule has 0 aromatic rings. The third-order valence-electron chi connectivity index (χ3n) is 3.26. The van der Waals surface area contributed by atoms with Crippen LogP contribution in [0.2, 0.25) is 0 Å². The quantitative estimate of drug-likeness (QED) is 0.732. The van der Waals surface area contributed by atoms with Crippen molar-refractivity contribution in [1.29, 1.82) is 0 Å². The summed E-state index contributed by atoms with van der Waals surface area (Å²) < 4.78 is 4.74. The van der Waals surface area contributed by atoms with Crippen LogP contribution < -0.4 is 5.73 Å². The lowest BCUT2D eigenvalue weighted by Gasteiger charge is -2.18. The van der Waals surface area contributed by atoms with Crippen LogP contribution in [-0.4, -0.2) is 53.1 Å². The molecule has 2 atom stereocenters. The van der Waals surface area contributed by atoms with Crippen molar-refractivity contribution in [2.24, 2.45) is 11.7 Å². The molecule has 1 saturated heterocycles. The molecule has 0 aromatic carbocycles. The Labute approximate surface area is 131 Å². The minimum absolute atomic E-state index is 0.144.